The fraction of sp³-hybridized carbons (Fsp3) is 0.200. The fourth-order valence-electron chi connectivity index (χ4n) is 2.13. The molecular weight excluding hydrogens is 248 g/mol. The first kappa shape index (κ1) is 11.4. The highest BCUT2D eigenvalue weighted by molar-refractivity contribution is 6.17. The van der Waals surface area contributed by atoms with Crippen LogP contribution in [-0.4, -0.2) is 6.79 Å². The Kier molecular flexibility index (Phi) is 3.11. The van der Waals surface area contributed by atoms with Crippen LogP contribution in [0.5, 0.6) is 11.5 Å². The largest absolute Gasteiger partial charge is 0.454 e. The molecule has 0 atom stereocenters. The highest BCUT2D eigenvalue weighted by Gasteiger charge is 2.16. The Morgan fingerprint density at radius 1 is 0.944 bits per heavy atom. The molecule has 1 heterocycles. The molecule has 2 aromatic rings. The molecule has 0 N–H and O–H groups in total. The molecule has 2 aromatic carbocycles. The Morgan fingerprint density at radius 3 is 2.28 bits per heavy atom. The van der Waals surface area contributed by atoms with E-state index >= 15 is 0 Å². The van der Waals surface area contributed by atoms with Gasteiger partial charge in [0, 0.05) is 5.88 Å². The van der Waals surface area contributed by atoms with Crippen molar-refractivity contribution in [2.75, 3.05) is 6.79 Å². The smallest absolute Gasteiger partial charge is 0.231 e. The van der Waals surface area contributed by atoms with Crippen LogP contribution in [0.1, 0.15) is 16.7 Å². The summed E-state index contributed by atoms with van der Waals surface area (Å²) in [4.78, 5) is 0. The van der Waals surface area contributed by atoms with Gasteiger partial charge in [-0.2, -0.15) is 0 Å². The molecule has 0 bridgehead atoms. The van der Waals surface area contributed by atoms with E-state index < -0.39 is 0 Å². The minimum absolute atomic E-state index is 0.297. The Balaban J connectivity index is 1.96. The second-order valence-corrected chi connectivity index (χ2v) is 4.54. The van der Waals surface area contributed by atoms with E-state index in [1.54, 1.807) is 0 Å². The van der Waals surface area contributed by atoms with Crippen molar-refractivity contribution in [2.45, 2.75) is 12.3 Å². The monoisotopic (exact) mass is 260 g/mol. The first-order valence-electron chi connectivity index (χ1n) is 5.88. The number of hydrogen-bond acceptors (Lipinski definition) is 2. The summed E-state index contributed by atoms with van der Waals surface area (Å²) in [6.45, 7) is 0.297. The summed E-state index contributed by atoms with van der Waals surface area (Å²) in [6, 6.07) is 14.4. The molecule has 3 heteroatoms. The Bertz CT molecular complexity index is 552. The van der Waals surface area contributed by atoms with E-state index in [2.05, 4.69) is 12.1 Å². The Morgan fingerprint density at radius 2 is 1.61 bits per heavy atom. The second-order valence-electron chi connectivity index (χ2n) is 4.27. The molecule has 0 saturated heterocycles. The summed E-state index contributed by atoms with van der Waals surface area (Å²) >= 11 is 6.00. The van der Waals surface area contributed by atoms with Crippen molar-refractivity contribution >= 4 is 11.6 Å². The van der Waals surface area contributed by atoms with Crippen molar-refractivity contribution in [3.63, 3.8) is 0 Å². The molecule has 0 spiro atoms. The van der Waals surface area contributed by atoms with Crippen molar-refractivity contribution in [1.29, 1.82) is 0 Å². The van der Waals surface area contributed by atoms with E-state index in [0.717, 1.165) is 23.5 Å². The van der Waals surface area contributed by atoms with Gasteiger partial charge in [-0.1, -0.05) is 30.3 Å². The van der Waals surface area contributed by atoms with Gasteiger partial charge in [0.1, 0.15) is 0 Å². The second kappa shape index (κ2) is 4.91. The lowest BCUT2D eigenvalue weighted by molar-refractivity contribution is 0.174. The van der Waals surface area contributed by atoms with Crippen molar-refractivity contribution in [2.24, 2.45) is 0 Å². The van der Waals surface area contributed by atoms with Gasteiger partial charge < -0.3 is 9.47 Å². The Hall–Kier alpha value is -1.67. The summed E-state index contributed by atoms with van der Waals surface area (Å²) < 4.78 is 10.8. The normalized spacial score (nSPS) is 12.7. The molecule has 2 nitrogen and oxygen atoms in total. The van der Waals surface area contributed by atoms with Crippen molar-refractivity contribution < 1.29 is 9.47 Å². The molecule has 0 aliphatic carbocycles. The first-order valence-corrected chi connectivity index (χ1v) is 6.41. The Labute approximate surface area is 111 Å². The number of rotatable bonds is 3. The van der Waals surface area contributed by atoms with Gasteiger partial charge in [-0.15, -0.1) is 11.6 Å². The molecule has 0 fully saturated rings. The van der Waals surface area contributed by atoms with Crippen LogP contribution in [0.2, 0.25) is 0 Å². The maximum atomic E-state index is 6.00. The zero-order valence-electron chi connectivity index (χ0n) is 9.86. The zero-order valence-corrected chi connectivity index (χ0v) is 10.6. The molecule has 1 aliphatic heterocycles. The molecule has 1 aliphatic rings. The average Bonchev–Trinajstić information content (AvgIpc) is 2.86. The van der Waals surface area contributed by atoms with Gasteiger partial charge >= 0.3 is 0 Å². The predicted octanol–water partition coefficient (Wildman–Crippen LogP) is 3.74. The van der Waals surface area contributed by atoms with Gasteiger partial charge in [-0.25, -0.2) is 0 Å². The average molecular weight is 261 g/mol. The van der Waals surface area contributed by atoms with Crippen LogP contribution in [0.4, 0.5) is 0 Å². The molecular formula is C15H13ClO2. The zero-order chi connectivity index (χ0) is 12.4. The molecule has 18 heavy (non-hydrogen) atoms. The lowest BCUT2D eigenvalue weighted by atomic mass is 10.00. The van der Waals surface area contributed by atoms with E-state index in [-0.39, 0.29) is 0 Å². The van der Waals surface area contributed by atoms with Crippen LogP contribution in [0, 0.1) is 0 Å². The summed E-state index contributed by atoms with van der Waals surface area (Å²) in [6.07, 6.45) is 0.861. The minimum atomic E-state index is 0.297. The topological polar surface area (TPSA) is 18.5 Å². The molecule has 0 unspecified atom stereocenters. The summed E-state index contributed by atoms with van der Waals surface area (Å²) in [7, 11) is 0. The van der Waals surface area contributed by atoms with Gasteiger partial charge in [0.2, 0.25) is 6.79 Å². The van der Waals surface area contributed by atoms with Crippen molar-refractivity contribution in [1.82, 2.24) is 0 Å². The van der Waals surface area contributed by atoms with E-state index in [0.29, 0.717) is 12.7 Å². The van der Waals surface area contributed by atoms with E-state index in [1.165, 1.54) is 11.1 Å². The highest BCUT2D eigenvalue weighted by atomic mass is 35.5. The van der Waals surface area contributed by atoms with Crippen molar-refractivity contribution in [3.8, 4) is 11.5 Å². The lowest BCUT2D eigenvalue weighted by Gasteiger charge is -2.09. The quantitative estimate of drug-likeness (QED) is 0.783. The van der Waals surface area contributed by atoms with Gasteiger partial charge in [-0.05, 0) is 35.2 Å². The van der Waals surface area contributed by atoms with Crippen LogP contribution >= 0.6 is 11.6 Å². The third kappa shape index (κ3) is 2.16. The van der Waals surface area contributed by atoms with Gasteiger partial charge in [0.15, 0.2) is 11.5 Å². The molecule has 0 radical (unpaired) electrons. The maximum absolute atomic E-state index is 6.00. The van der Waals surface area contributed by atoms with Crippen molar-refractivity contribution in [3.05, 3.63) is 59.2 Å². The van der Waals surface area contributed by atoms with Gasteiger partial charge in [-0.3, -0.25) is 0 Å². The maximum Gasteiger partial charge on any atom is 0.231 e. The number of ether oxygens (including phenoxy) is 2. The van der Waals surface area contributed by atoms with Crippen LogP contribution in [0.25, 0.3) is 0 Å². The molecule has 0 aromatic heterocycles. The van der Waals surface area contributed by atoms with Crippen LogP contribution < -0.4 is 9.47 Å². The lowest BCUT2D eigenvalue weighted by Crippen LogP contribution is -1.94. The molecule has 3 rings (SSSR count). The third-order valence-electron chi connectivity index (χ3n) is 3.08. The number of halogens is 1. The number of hydrogen-bond donors (Lipinski definition) is 0. The number of fused-ring (bicyclic) bond motifs is 1. The third-order valence-corrected chi connectivity index (χ3v) is 3.36. The van der Waals surface area contributed by atoms with Crippen LogP contribution in [0.3, 0.4) is 0 Å². The van der Waals surface area contributed by atoms with Crippen LogP contribution in [-0.2, 0) is 12.3 Å². The first-order chi connectivity index (χ1) is 8.86. The SMILES string of the molecule is ClCc1cc2c(cc1Cc1ccccc1)OCO2. The molecule has 0 amide bonds. The highest BCUT2D eigenvalue weighted by Crippen LogP contribution is 2.36. The molecule has 0 saturated carbocycles. The standard InChI is InChI=1S/C15H13ClO2/c16-9-13-8-15-14(17-10-18-15)7-12(13)6-11-4-2-1-3-5-11/h1-5,7-8H,6,9-10H2. The summed E-state index contributed by atoms with van der Waals surface area (Å²) in [5, 5.41) is 0. The fourth-order valence-corrected chi connectivity index (χ4v) is 2.38. The predicted molar refractivity (Wildman–Crippen MR) is 71.4 cm³/mol. The summed E-state index contributed by atoms with van der Waals surface area (Å²) in [5.41, 5.74) is 3.56. The van der Waals surface area contributed by atoms with E-state index in [1.807, 2.05) is 30.3 Å². The minimum Gasteiger partial charge on any atom is -0.454 e. The van der Waals surface area contributed by atoms with E-state index in [4.69, 9.17) is 21.1 Å². The van der Waals surface area contributed by atoms with Gasteiger partial charge in [0.25, 0.3) is 0 Å². The van der Waals surface area contributed by atoms with Gasteiger partial charge in [0.05, 0.1) is 0 Å². The number of alkyl halides is 1. The molecule has 92 valence electrons. The summed E-state index contributed by atoms with van der Waals surface area (Å²) in [5.74, 6) is 2.09. The number of benzene rings is 2. The van der Waals surface area contributed by atoms with E-state index in [9.17, 15) is 0 Å². The van der Waals surface area contributed by atoms with Crippen LogP contribution in [0.15, 0.2) is 42.5 Å².